The number of benzene rings is 1. The van der Waals surface area contributed by atoms with Crippen LogP contribution in [0.4, 0.5) is 0 Å². The maximum atomic E-state index is 11.0. The standard InChI is InChI=1S/C15H11N3O2/c19-15(20)11-4-1-3-10(7-11)13-8-14(18-17-13)12-5-2-6-16-9-12/h1-9H,(H,17,18)(H,19,20). The van der Waals surface area contributed by atoms with E-state index in [2.05, 4.69) is 15.2 Å². The summed E-state index contributed by atoms with van der Waals surface area (Å²) in [6, 6.07) is 12.4. The van der Waals surface area contributed by atoms with Gasteiger partial charge in [0.25, 0.3) is 0 Å². The third-order valence-electron chi connectivity index (χ3n) is 2.96. The fourth-order valence-corrected chi connectivity index (χ4v) is 1.95. The van der Waals surface area contributed by atoms with Crippen molar-refractivity contribution in [3.05, 3.63) is 60.4 Å². The molecule has 0 saturated heterocycles. The Labute approximate surface area is 114 Å². The Morgan fingerprint density at radius 3 is 2.70 bits per heavy atom. The molecule has 0 aliphatic rings. The molecule has 0 aliphatic carbocycles. The molecule has 2 N–H and O–H groups in total. The molecule has 0 spiro atoms. The molecule has 3 rings (SSSR count). The molecule has 3 aromatic rings. The van der Waals surface area contributed by atoms with E-state index in [9.17, 15) is 4.79 Å². The molecule has 0 fully saturated rings. The summed E-state index contributed by atoms with van der Waals surface area (Å²) < 4.78 is 0. The van der Waals surface area contributed by atoms with Crippen LogP contribution in [0, 0.1) is 0 Å². The molecule has 0 bridgehead atoms. The number of carboxylic acids is 1. The Balaban J connectivity index is 1.98. The summed E-state index contributed by atoms with van der Waals surface area (Å²) >= 11 is 0. The Hall–Kier alpha value is -2.95. The van der Waals surface area contributed by atoms with E-state index < -0.39 is 5.97 Å². The first kappa shape index (κ1) is 12.1. The van der Waals surface area contributed by atoms with E-state index in [4.69, 9.17) is 5.11 Å². The van der Waals surface area contributed by atoms with Gasteiger partial charge in [0.2, 0.25) is 0 Å². The second kappa shape index (κ2) is 4.97. The molecule has 98 valence electrons. The normalized spacial score (nSPS) is 10.4. The highest BCUT2D eigenvalue weighted by Crippen LogP contribution is 2.23. The van der Waals surface area contributed by atoms with Gasteiger partial charge in [0.05, 0.1) is 17.0 Å². The average molecular weight is 265 g/mol. The van der Waals surface area contributed by atoms with Crippen LogP contribution < -0.4 is 0 Å². The van der Waals surface area contributed by atoms with Gasteiger partial charge in [-0.15, -0.1) is 0 Å². The molecular formula is C15H11N3O2. The van der Waals surface area contributed by atoms with Crippen LogP contribution in [0.1, 0.15) is 10.4 Å². The van der Waals surface area contributed by atoms with Gasteiger partial charge in [0.1, 0.15) is 0 Å². The number of aromatic carboxylic acids is 1. The van der Waals surface area contributed by atoms with E-state index in [1.54, 1.807) is 30.6 Å². The van der Waals surface area contributed by atoms with Crippen molar-refractivity contribution >= 4 is 5.97 Å². The van der Waals surface area contributed by atoms with E-state index in [-0.39, 0.29) is 5.56 Å². The van der Waals surface area contributed by atoms with Crippen molar-refractivity contribution in [3.63, 3.8) is 0 Å². The molecule has 5 heteroatoms. The quantitative estimate of drug-likeness (QED) is 0.763. The predicted molar refractivity (Wildman–Crippen MR) is 74.2 cm³/mol. The number of pyridine rings is 1. The topological polar surface area (TPSA) is 78.9 Å². The van der Waals surface area contributed by atoms with Crippen LogP contribution in [-0.2, 0) is 0 Å². The van der Waals surface area contributed by atoms with Crippen molar-refractivity contribution in [1.29, 1.82) is 0 Å². The zero-order valence-corrected chi connectivity index (χ0v) is 10.4. The van der Waals surface area contributed by atoms with Crippen molar-refractivity contribution in [2.45, 2.75) is 0 Å². The van der Waals surface area contributed by atoms with Gasteiger partial charge in [0, 0.05) is 23.5 Å². The van der Waals surface area contributed by atoms with E-state index in [1.807, 2.05) is 24.3 Å². The van der Waals surface area contributed by atoms with Gasteiger partial charge < -0.3 is 5.11 Å². The molecule has 0 amide bonds. The number of hydrogen-bond donors (Lipinski definition) is 2. The van der Waals surface area contributed by atoms with Gasteiger partial charge in [0.15, 0.2) is 0 Å². The fraction of sp³-hybridized carbons (Fsp3) is 0. The molecule has 0 atom stereocenters. The van der Waals surface area contributed by atoms with Gasteiger partial charge >= 0.3 is 5.97 Å². The highest BCUT2D eigenvalue weighted by Gasteiger charge is 2.08. The van der Waals surface area contributed by atoms with Crippen LogP contribution in [0.5, 0.6) is 0 Å². The van der Waals surface area contributed by atoms with E-state index in [1.165, 1.54) is 0 Å². The third kappa shape index (κ3) is 2.29. The maximum absolute atomic E-state index is 11.0. The largest absolute Gasteiger partial charge is 0.478 e. The SMILES string of the molecule is O=C(O)c1cccc(-c2cc(-c3cccnc3)n[nH]2)c1. The lowest BCUT2D eigenvalue weighted by molar-refractivity contribution is 0.0697. The van der Waals surface area contributed by atoms with Crippen LogP contribution in [0.25, 0.3) is 22.5 Å². The first-order valence-electron chi connectivity index (χ1n) is 6.03. The Kier molecular flexibility index (Phi) is 3.01. The Morgan fingerprint density at radius 2 is 1.95 bits per heavy atom. The number of H-pyrrole nitrogens is 1. The number of hydrogen-bond acceptors (Lipinski definition) is 3. The maximum Gasteiger partial charge on any atom is 0.335 e. The number of nitrogens with one attached hydrogen (secondary N) is 1. The molecule has 0 aliphatic heterocycles. The van der Waals surface area contributed by atoms with Crippen LogP contribution in [0.3, 0.4) is 0 Å². The molecule has 0 radical (unpaired) electrons. The smallest absolute Gasteiger partial charge is 0.335 e. The van der Waals surface area contributed by atoms with Gasteiger partial charge in [-0.3, -0.25) is 10.1 Å². The second-order valence-corrected chi connectivity index (χ2v) is 4.29. The van der Waals surface area contributed by atoms with E-state index in [0.717, 1.165) is 22.5 Å². The second-order valence-electron chi connectivity index (χ2n) is 4.29. The minimum absolute atomic E-state index is 0.250. The average Bonchev–Trinajstić information content (AvgIpc) is 2.98. The van der Waals surface area contributed by atoms with Crippen molar-refractivity contribution in [2.75, 3.05) is 0 Å². The van der Waals surface area contributed by atoms with Gasteiger partial charge in [-0.1, -0.05) is 12.1 Å². The number of aromatic nitrogens is 3. The highest BCUT2D eigenvalue weighted by molar-refractivity contribution is 5.89. The predicted octanol–water partition coefficient (Wildman–Crippen LogP) is 2.84. The number of aromatic amines is 1. The summed E-state index contributed by atoms with van der Waals surface area (Å²) in [5, 5.41) is 16.1. The lowest BCUT2D eigenvalue weighted by Crippen LogP contribution is -1.95. The van der Waals surface area contributed by atoms with Crippen LogP contribution in [-0.4, -0.2) is 26.3 Å². The Bertz CT molecular complexity index is 751. The zero-order chi connectivity index (χ0) is 13.9. The minimum atomic E-state index is -0.946. The molecular weight excluding hydrogens is 254 g/mol. The molecule has 0 saturated carbocycles. The van der Waals surface area contributed by atoms with Crippen molar-refractivity contribution < 1.29 is 9.90 Å². The van der Waals surface area contributed by atoms with Gasteiger partial charge in [-0.05, 0) is 30.3 Å². The molecule has 2 heterocycles. The molecule has 1 aromatic carbocycles. The number of nitrogens with zero attached hydrogens (tertiary/aromatic N) is 2. The summed E-state index contributed by atoms with van der Waals surface area (Å²) in [5.41, 5.74) is 3.48. The first-order chi connectivity index (χ1) is 9.74. The summed E-state index contributed by atoms with van der Waals surface area (Å²) in [4.78, 5) is 15.0. The monoisotopic (exact) mass is 265 g/mol. The van der Waals surface area contributed by atoms with E-state index in [0.29, 0.717) is 0 Å². The fourth-order valence-electron chi connectivity index (χ4n) is 1.95. The summed E-state index contributed by atoms with van der Waals surface area (Å²) in [6.45, 7) is 0. The highest BCUT2D eigenvalue weighted by atomic mass is 16.4. The van der Waals surface area contributed by atoms with Crippen LogP contribution >= 0.6 is 0 Å². The molecule has 5 nitrogen and oxygen atoms in total. The summed E-state index contributed by atoms with van der Waals surface area (Å²) in [6.07, 6.45) is 3.43. The zero-order valence-electron chi connectivity index (χ0n) is 10.4. The number of carbonyl (C=O) groups is 1. The lowest BCUT2D eigenvalue weighted by Gasteiger charge is -1.99. The summed E-state index contributed by atoms with van der Waals surface area (Å²) in [7, 11) is 0. The summed E-state index contributed by atoms with van der Waals surface area (Å²) in [5.74, 6) is -0.946. The van der Waals surface area contributed by atoms with Crippen LogP contribution in [0.2, 0.25) is 0 Å². The first-order valence-corrected chi connectivity index (χ1v) is 6.03. The van der Waals surface area contributed by atoms with E-state index >= 15 is 0 Å². The van der Waals surface area contributed by atoms with Gasteiger partial charge in [-0.2, -0.15) is 5.10 Å². The molecule has 20 heavy (non-hydrogen) atoms. The third-order valence-corrected chi connectivity index (χ3v) is 2.96. The number of rotatable bonds is 3. The minimum Gasteiger partial charge on any atom is -0.478 e. The van der Waals surface area contributed by atoms with Crippen molar-refractivity contribution in [2.24, 2.45) is 0 Å². The van der Waals surface area contributed by atoms with Crippen LogP contribution in [0.15, 0.2) is 54.9 Å². The Morgan fingerprint density at radius 1 is 1.10 bits per heavy atom. The van der Waals surface area contributed by atoms with Crippen molar-refractivity contribution in [3.8, 4) is 22.5 Å². The molecule has 0 unspecified atom stereocenters. The lowest BCUT2D eigenvalue weighted by atomic mass is 10.1. The van der Waals surface area contributed by atoms with Gasteiger partial charge in [-0.25, -0.2) is 4.79 Å². The number of carboxylic acid groups (broad SMARTS) is 1. The van der Waals surface area contributed by atoms with Crippen molar-refractivity contribution in [1.82, 2.24) is 15.2 Å². The molecule has 2 aromatic heterocycles.